The number of benzene rings is 2. The Bertz CT molecular complexity index is 1000. The molecule has 134 valence electrons. The van der Waals surface area contributed by atoms with E-state index in [4.69, 9.17) is 13.9 Å². The number of carbonyl (C=O) groups excluding carboxylic acids is 2. The topological polar surface area (TPSA) is 65.7 Å². The fraction of sp³-hybridized carbons (Fsp3) is 0.200. The number of methoxy groups -OCH3 is 1. The maximum atomic E-state index is 12.5. The summed E-state index contributed by atoms with van der Waals surface area (Å²) in [5, 5.41) is 0.850. The van der Waals surface area contributed by atoms with Gasteiger partial charge in [0.25, 0.3) is 0 Å². The third-order valence-corrected chi connectivity index (χ3v) is 4.62. The largest absolute Gasteiger partial charge is 0.496 e. The molecule has 0 saturated carbocycles. The van der Waals surface area contributed by atoms with Gasteiger partial charge in [0.2, 0.25) is 5.76 Å². The molecule has 0 unspecified atom stereocenters. The molecule has 6 heteroatoms. The van der Waals surface area contributed by atoms with Crippen molar-refractivity contribution in [2.24, 2.45) is 0 Å². The van der Waals surface area contributed by atoms with Crippen LogP contribution in [0.15, 0.2) is 45.3 Å². The number of hydrogen-bond acceptors (Lipinski definition) is 5. The fourth-order valence-electron chi connectivity index (χ4n) is 2.71. The van der Waals surface area contributed by atoms with Gasteiger partial charge < -0.3 is 13.9 Å². The average Bonchev–Trinajstić information content (AvgIpc) is 2.95. The summed E-state index contributed by atoms with van der Waals surface area (Å²) < 4.78 is 17.2. The minimum atomic E-state index is -0.565. The summed E-state index contributed by atoms with van der Waals surface area (Å²) in [6.45, 7) is 3.27. The van der Waals surface area contributed by atoms with Crippen molar-refractivity contribution in [2.75, 3.05) is 7.11 Å². The molecule has 1 heterocycles. The maximum absolute atomic E-state index is 12.5. The Hall–Kier alpha value is -2.60. The lowest BCUT2D eigenvalue weighted by atomic mass is 10.1. The van der Waals surface area contributed by atoms with E-state index in [2.05, 4.69) is 15.9 Å². The molecule has 0 saturated heterocycles. The normalized spacial score (nSPS) is 10.8. The van der Waals surface area contributed by atoms with E-state index in [0.717, 1.165) is 15.4 Å². The lowest BCUT2D eigenvalue weighted by molar-refractivity contribution is 0.0435. The van der Waals surface area contributed by atoms with Gasteiger partial charge in [-0.15, -0.1) is 0 Å². The third-order valence-electron chi connectivity index (χ3n) is 4.13. The first-order valence-corrected chi connectivity index (χ1v) is 8.73. The molecule has 0 aliphatic rings. The van der Waals surface area contributed by atoms with Gasteiger partial charge in [-0.2, -0.15) is 0 Å². The molecule has 0 N–H and O–H groups in total. The van der Waals surface area contributed by atoms with Gasteiger partial charge in [0.05, 0.1) is 7.11 Å². The smallest absolute Gasteiger partial charge is 0.374 e. The third kappa shape index (κ3) is 3.51. The monoisotopic (exact) mass is 416 g/mol. The Balaban J connectivity index is 1.84. The van der Waals surface area contributed by atoms with E-state index in [1.165, 1.54) is 14.0 Å². The van der Waals surface area contributed by atoms with Crippen LogP contribution in [0.2, 0.25) is 0 Å². The Labute approximate surface area is 159 Å². The molecule has 0 bridgehead atoms. The molecular formula is C20H17BrO5. The first-order chi connectivity index (χ1) is 12.4. The van der Waals surface area contributed by atoms with Crippen molar-refractivity contribution in [3.8, 4) is 5.75 Å². The van der Waals surface area contributed by atoms with Crippen molar-refractivity contribution < 1.29 is 23.5 Å². The molecule has 0 atom stereocenters. The lowest BCUT2D eigenvalue weighted by Crippen LogP contribution is -2.07. The minimum absolute atomic E-state index is 0.0245. The van der Waals surface area contributed by atoms with Crippen LogP contribution < -0.4 is 4.74 Å². The standard InChI is InChI=1S/C20H17BrO5/c1-11-16-9-15(21)5-7-18(16)26-19(11)20(23)25-10-14-8-13(12(2)22)4-6-17(14)24-3/h4-9H,10H2,1-3H3. The van der Waals surface area contributed by atoms with E-state index in [1.54, 1.807) is 24.3 Å². The van der Waals surface area contributed by atoms with Crippen LogP contribution in [0.3, 0.4) is 0 Å². The van der Waals surface area contributed by atoms with Crippen molar-refractivity contribution in [1.29, 1.82) is 0 Å². The van der Waals surface area contributed by atoms with Crippen LogP contribution in [0.4, 0.5) is 0 Å². The summed E-state index contributed by atoms with van der Waals surface area (Å²) in [6, 6.07) is 10.6. The lowest BCUT2D eigenvalue weighted by Gasteiger charge is -2.10. The molecule has 3 aromatic rings. The van der Waals surface area contributed by atoms with Crippen molar-refractivity contribution in [1.82, 2.24) is 0 Å². The maximum Gasteiger partial charge on any atom is 0.374 e. The highest BCUT2D eigenvalue weighted by atomic mass is 79.9. The number of fused-ring (bicyclic) bond motifs is 1. The Kier molecular flexibility index (Phi) is 5.13. The molecule has 0 spiro atoms. The van der Waals surface area contributed by atoms with Gasteiger partial charge >= 0.3 is 5.97 Å². The van der Waals surface area contributed by atoms with Crippen molar-refractivity contribution in [3.63, 3.8) is 0 Å². The highest BCUT2D eigenvalue weighted by Gasteiger charge is 2.20. The van der Waals surface area contributed by atoms with Gasteiger partial charge in [-0.1, -0.05) is 15.9 Å². The molecule has 0 radical (unpaired) electrons. The zero-order valence-electron chi connectivity index (χ0n) is 14.6. The molecule has 3 rings (SSSR count). The van der Waals surface area contributed by atoms with E-state index in [0.29, 0.717) is 22.5 Å². The van der Waals surface area contributed by atoms with E-state index < -0.39 is 5.97 Å². The van der Waals surface area contributed by atoms with Crippen LogP contribution in [0.25, 0.3) is 11.0 Å². The average molecular weight is 417 g/mol. The molecule has 5 nitrogen and oxygen atoms in total. The number of carbonyl (C=O) groups is 2. The summed E-state index contributed by atoms with van der Waals surface area (Å²) in [4.78, 5) is 24.0. The van der Waals surface area contributed by atoms with Gasteiger partial charge in [0.1, 0.15) is 17.9 Å². The number of aryl methyl sites for hydroxylation is 1. The number of halogens is 1. The second kappa shape index (κ2) is 7.33. The molecule has 1 aromatic heterocycles. The number of hydrogen-bond donors (Lipinski definition) is 0. The number of esters is 1. The molecular weight excluding hydrogens is 400 g/mol. The summed E-state index contributed by atoms with van der Waals surface area (Å²) in [6.07, 6.45) is 0. The van der Waals surface area contributed by atoms with Crippen LogP contribution >= 0.6 is 15.9 Å². The van der Waals surface area contributed by atoms with Crippen LogP contribution in [0.5, 0.6) is 5.75 Å². The summed E-state index contributed by atoms with van der Waals surface area (Å²) in [5.74, 6) is 0.0805. The fourth-order valence-corrected chi connectivity index (χ4v) is 3.07. The number of Topliss-reactive ketones (excluding diaryl/α,β-unsaturated/α-hetero) is 1. The summed E-state index contributed by atoms with van der Waals surface area (Å²) >= 11 is 3.41. The Morgan fingerprint density at radius 3 is 2.62 bits per heavy atom. The second-order valence-corrected chi connectivity index (χ2v) is 6.77. The van der Waals surface area contributed by atoms with E-state index >= 15 is 0 Å². The van der Waals surface area contributed by atoms with Crippen molar-refractivity contribution in [3.05, 3.63) is 63.3 Å². The Morgan fingerprint density at radius 1 is 1.15 bits per heavy atom. The van der Waals surface area contributed by atoms with Crippen LogP contribution in [-0.4, -0.2) is 18.9 Å². The molecule has 0 fully saturated rings. The first-order valence-electron chi connectivity index (χ1n) is 7.94. The number of ketones is 1. The van der Waals surface area contributed by atoms with Crippen LogP contribution in [0.1, 0.15) is 39.0 Å². The van der Waals surface area contributed by atoms with Crippen molar-refractivity contribution in [2.45, 2.75) is 20.5 Å². The zero-order valence-corrected chi connectivity index (χ0v) is 16.2. The molecule has 26 heavy (non-hydrogen) atoms. The highest BCUT2D eigenvalue weighted by Crippen LogP contribution is 2.29. The van der Waals surface area contributed by atoms with Crippen LogP contribution in [-0.2, 0) is 11.3 Å². The first kappa shape index (κ1) is 18.2. The highest BCUT2D eigenvalue weighted by molar-refractivity contribution is 9.10. The number of ether oxygens (including phenoxy) is 2. The number of rotatable bonds is 5. The second-order valence-electron chi connectivity index (χ2n) is 5.86. The molecule has 0 amide bonds. The van der Waals surface area contributed by atoms with Crippen LogP contribution in [0, 0.1) is 6.92 Å². The summed E-state index contributed by atoms with van der Waals surface area (Å²) in [5.41, 5.74) is 2.48. The van der Waals surface area contributed by atoms with Gasteiger partial charge in [0, 0.05) is 26.5 Å². The van der Waals surface area contributed by atoms with Gasteiger partial charge in [0.15, 0.2) is 5.78 Å². The Morgan fingerprint density at radius 2 is 1.92 bits per heavy atom. The van der Waals surface area contributed by atoms with E-state index in [-0.39, 0.29) is 18.2 Å². The summed E-state index contributed by atoms with van der Waals surface area (Å²) in [7, 11) is 1.52. The minimum Gasteiger partial charge on any atom is -0.496 e. The molecule has 2 aromatic carbocycles. The number of furan rings is 1. The zero-order chi connectivity index (χ0) is 18.8. The molecule has 0 aliphatic carbocycles. The van der Waals surface area contributed by atoms with Crippen molar-refractivity contribution >= 4 is 38.7 Å². The van der Waals surface area contributed by atoms with Gasteiger partial charge in [-0.05, 0) is 50.2 Å². The SMILES string of the molecule is COc1ccc(C(C)=O)cc1COC(=O)c1oc2ccc(Br)cc2c1C. The van der Waals surface area contributed by atoms with E-state index in [1.807, 2.05) is 19.1 Å². The van der Waals surface area contributed by atoms with Gasteiger partial charge in [-0.25, -0.2) is 4.79 Å². The van der Waals surface area contributed by atoms with E-state index in [9.17, 15) is 9.59 Å². The molecule has 0 aliphatic heterocycles. The quantitative estimate of drug-likeness (QED) is 0.428. The predicted octanol–water partition coefficient (Wildman–Crippen LogP) is 5.07. The predicted molar refractivity (Wildman–Crippen MR) is 101 cm³/mol. The van der Waals surface area contributed by atoms with Gasteiger partial charge in [-0.3, -0.25) is 4.79 Å².